The van der Waals surface area contributed by atoms with Gasteiger partial charge in [-0.2, -0.15) is 0 Å². The van der Waals surface area contributed by atoms with Crippen molar-refractivity contribution in [2.75, 3.05) is 46.6 Å². The van der Waals surface area contributed by atoms with Gasteiger partial charge in [0.2, 0.25) is 0 Å². The van der Waals surface area contributed by atoms with Crippen LogP contribution in [0.25, 0.3) is 0 Å². The first-order valence-electron chi connectivity index (χ1n) is 13.0. The Morgan fingerprint density at radius 1 is 1.11 bits per heavy atom. The molecule has 1 aliphatic rings. The van der Waals surface area contributed by atoms with Crippen LogP contribution in [0.15, 0.2) is 48.5 Å². The molecule has 1 heterocycles. The topological polar surface area (TPSA) is 68.3 Å². The molecule has 1 atom stereocenters. The van der Waals surface area contributed by atoms with Gasteiger partial charge < -0.3 is 24.0 Å². The molecule has 7 heteroatoms. The number of hydrogen-bond donors (Lipinski definition) is 0. The lowest BCUT2D eigenvalue weighted by Crippen LogP contribution is -2.45. The minimum atomic E-state index is -0.125. The number of carbonyl (C=O) groups excluding carboxylic acids is 2. The standard InChI is InChI=1S/C29H40N2O5/c1-5-35-25-12-10-11-23(20-25)28(32)31-16-9-8-15-30(17-18-34-4)29(33)26-13-6-7-14-27(26)36-21-24(31)19-22(2)3/h6-7,10-14,20,22,24H,5,8-9,15-19,21H2,1-4H3/t24-/m0/s1. The van der Waals surface area contributed by atoms with Crippen LogP contribution in [0.4, 0.5) is 0 Å². The Kier molecular flexibility index (Phi) is 10.6. The smallest absolute Gasteiger partial charge is 0.257 e. The molecule has 0 spiro atoms. The quantitative estimate of drug-likeness (QED) is 0.520. The fraction of sp³-hybridized carbons (Fsp3) is 0.517. The number of ether oxygens (including phenoxy) is 3. The van der Waals surface area contributed by atoms with Crippen molar-refractivity contribution in [1.29, 1.82) is 0 Å². The molecule has 3 rings (SSSR count). The predicted molar refractivity (Wildman–Crippen MR) is 141 cm³/mol. The average molecular weight is 497 g/mol. The number of amides is 2. The number of nitrogens with zero attached hydrogens (tertiary/aromatic N) is 2. The third-order valence-electron chi connectivity index (χ3n) is 6.32. The van der Waals surface area contributed by atoms with Gasteiger partial charge >= 0.3 is 0 Å². The second-order valence-corrected chi connectivity index (χ2v) is 9.54. The van der Waals surface area contributed by atoms with E-state index in [9.17, 15) is 9.59 Å². The van der Waals surface area contributed by atoms with Gasteiger partial charge in [-0.25, -0.2) is 0 Å². The van der Waals surface area contributed by atoms with Crippen molar-refractivity contribution in [2.45, 2.75) is 46.1 Å². The number of fused-ring (bicyclic) bond motifs is 1. The maximum Gasteiger partial charge on any atom is 0.257 e. The summed E-state index contributed by atoms with van der Waals surface area (Å²) in [6, 6.07) is 14.6. The lowest BCUT2D eigenvalue weighted by atomic mass is 10.0. The average Bonchev–Trinajstić information content (AvgIpc) is 2.87. The van der Waals surface area contributed by atoms with E-state index in [0.717, 1.165) is 19.3 Å². The Bertz CT molecular complexity index is 993. The van der Waals surface area contributed by atoms with Gasteiger partial charge in [0.15, 0.2) is 0 Å². The van der Waals surface area contributed by atoms with Gasteiger partial charge in [-0.3, -0.25) is 9.59 Å². The summed E-state index contributed by atoms with van der Waals surface area (Å²) in [5.74, 6) is 1.53. The molecule has 0 fully saturated rings. The van der Waals surface area contributed by atoms with E-state index in [1.807, 2.05) is 65.3 Å². The fourth-order valence-electron chi connectivity index (χ4n) is 4.56. The van der Waals surface area contributed by atoms with E-state index in [0.29, 0.717) is 68.0 Å². The SMILES string of the molecule is CCOc1cccc(C(=O)N2CCCCN(CCOC)C(=O)c3ccccc3OC[C@@H]2CC(C)C)c1. The van der Waals surface area contributed by atoms with Gasteiger partial charge in [0.25, 0.3) is 11.8 Å². The van der Waals surface area contributed by atoms with Crippen LogP contribution in [0.2, 0.25) is 0 Å². The zero-order chi connectivity index (χ0) is 25.9. The van der Waals surface area contributed by atoms with Crippen molar-refractivity contribution in [3.8, 4) is 11.5 Å². The molecule has 0 saturated carbocycles. The largest absolute Gasteiger partial charge is 0.494 e. The summed E-state index contributed by atoms with van der Waals surface area (Å²) >= 11 is 0. The van der Waals surface area contributed by atoms with Crippen LogP contribution in [0.3, 0.4) is 0 Å². The summed E-state index contributed by atoms with van der Waals surface area (Å²) in [7, 11) is 1.64. The van der Waals surface area contributed by atoms with E-state index in [1.165, 1.54) is 0 Å². The molecule has 2 aromatic rings. The first kappa shape index (κ1) is 27.5. The van der Waals surface area contributed by atoms with E-state index in [-0.39, 0.29) is 17.9 Å². The fourth-order valence-corrected chi connectivity index (χ4v) is 4.56. The van der Waals surface area contributed by atoms with E-state index in [2.05, 4.69) is 13.8 Å². The summed E-state index contributed by atoms with van der Waals surface area (Å²) in [6.07, 6.45) is 2.37. The summed E-state index contributed by atoms with van der Waals surface area (Å²) in [4.78, 5) is 30.9. The maximum absolute atomic E-state index is 13.8. The van der Waals surface area contributed by atoms with E-state index in [1.54, 1.807) is 7.11 Å². The third kappa shape index (κ3) is 7.47. The molecule has 7 nitrogen and oxygen atoms in total. The predicted octanol–water partition coefficient (Wildman–Crippen LogP) is 4.90. The zero-order valence-corrected chi connectivity index (χ0v) is 22.1. The van der Waals surface area contributed by atoms with Crippen LogP contribution in [-0.2, 0) is 4.74 Å². The molecule has 0 aromatic heterocycles. The van der Waals surface area contributed by atoms with Crippen LogP contribution in [0, 0.1) is 5.92 Å². The van der Waals surface area contributed by atoms with Crippen LogP contribution < -0.4 is 9.47 Å². The van der Waals surface area contributed by atoms with Crippen LogP contribution >= 0.6 is 0 Å². The van der Waals surface area contributed by atoms with Gasteiger partial charge in [0.05, 0.1) is 24.8 Å². The van der Waals surface area contributed by atoms with Gasteiger partial charge in [-0.15, -0.1) is 0 Å². The molecule has 0 radical (unpaired) electrons. The number of hydrogen-bond acceptors (Lipinski definition) is 5. The molecule has 0 unspecified atom stereocenters. The van der Waals surface area contributed by atoms with Crippen LogP contribution in [0.5, 0.6) is 11.5 Å². The van der Waals surface area contributed by atoms with E-state index < -0.39 is 0 Å². The Morgan fingerprint density at radius 2 is 1.89 bits per heavy atom. The molecule has 0 N–H and O–H groups in total. The number of benzene rings is 2. The number of methoxy groups -OCH3 is 1. The summed E-state index contributed by atoms with van der Waals surface area (Å²) in [6.45, 7) is 9.25. The minimum absolute atomic E-state index is 0.0246. The Morgan fingerprint density at radius 3 is 2.64 bits per heavy atom. The monoisotopic (exact) mass is 496 g/mol. The molecule has 2 aromatic carbocycles. The molecule has 1 aliphatic heterocycles. The second kappa shape index (κ2) is 13.9. The third-order valence-corrected chi connectivity index (χ3v) is 6.32. The first-order valence-corrected chi connectivity index (χ1v) is 13.0. The van der Waals surface area contributed by atoms with E-state index in [4.69, 9.17) is 14.2 Å². The molecule has 2 amide bonds. The molecule has 0 aliphatic carbocycles. The minimum Gasteiger partial charge on any atom is -0.494 e. The highest BCUT2D eigenvalue weighted by Gasteiger charge is 2.28. The normalized spacial score (nSPS) is 17.1. The van der Waals surface area contributed by atoms with Gasteiger partial charge in [0, 0.05) is 32.3 Å². The highest BCUT2D eigenvalue weighted by atomic mass is 16.5. The highest BCUT2D eigenvalue weighted by molar-refractivity contribution is 5.97. The van der Waals surface area contributed by atoms with Crippen molar-refractivity contribution in [3.05, 3.63) is 59.7 Å². The summed E-state index contributed by atoms with van der Waals surface area (Å²) in [5, 5.41) is 0. The Balaban J connectivity index is 1.93. The van der Waals surface area contributed by atoms with Gasteiger partial charge in [-0.05, 0) is 62.4 Å². The van der Waals surface area contributed by atoms with E-state index >= 15 is 0 Å². The van der Waals surface area contributed by atoms with Crippen LogP contribution in [0.1, 0.15) is 60.7 Å². The first-order chi connectivity index (χ1) is 17.4. The number of carbonyl (C=O) groups is 2. The summed E-state index contributed by atoms with van der Waals surface area (Å²) < 4.78 is 17.2. The lowest BCUT2D eigenvalue weighted by Gasteiger charge is -2.34. The summed E-state index contributed by atoms with van der Waals surface area (Å²) in [5.41, 5.74) is 1.15. The van der Waals surface area contributed by atoms with Gasteiger partial charge in [-0.1, -0.05) is 32.0 Å². The molecular weight excluding hydrogens is 456 g/mol. The lowest BCUT2D eigenvalue weighted by molar-refractivity contribution is 0.0545. The zero-order valence-electron chi connectivity index (χ0n) is 22.1. The number of rotatable bonds is 8. The highest BCUT2D eigenvalue weighted by Crippen LogP contribution is 2.25. The maximum atomic E-state index is 13.8. The van der Waals surface area contributed by atoms with Crippen molar-refractivity contribution in [2.24, 2.45) is 5.92 Å². The molecular formula is C29H40N2O5. The van der Waals surface area contributed by atoms with Gasteiger partial charge in [0.1, 0.15) is 18.1 Å². The van der Waals surface area contributed by atoms with Crippen molar-refractivity contribution in [3.63, 3.8) is 0 Å². The molecule has 36 heavy (non-hydrogen) atoms. The Hall–Kier alpha value is -3.06. The molecule has 0 saturated heterocycles. The molecule has 0 bridgehead atoms. The van der Waals surface area contributed by atoms with Crippen molar-refractivity contribution < 1.29 is 23.8 Å². The number of para-hydroxylation sites is 1. The van der Waals surface area contributed by atoms with Crippen molar-refractivity contribution in [1.82, 2.24) is 9.80 Å². The molecule has 196 valence electrons. The van der Waals surface area contributed by atoms with Crippen molar-refractivity contribution >= 4 is 11.8 Å². The second-order valence-electron chi connectivity index (χ2n) is 9.54. The van der Waals surface area contributed by atoms with Crippen LogP contribution in [-0.4, -0.2) is 74.2 Å². The Labute approximate surface area is 215 Å².